The molecule has 0 saturated heterocycles. The number of halogens is 2. The fraction of sp³-hybridized carbons (Fsp3) is 0.571. The number of hydrogen-bond acceptors (Lipinski definition) is 1. The Morgan fingerprint density at radius 1 is 1.47 bits per heavy atom. The quantitative estimate of drug-likeness (QED) is 0.849. The molecule has 2 unspecified atom stereocenters. The van der Waals surface area contributed by atoms with Crippen molar-refractivity contribution in [1.82, 2.24) is 0 Å². The molecule has 1 aromatic rings. The maximum atomic E-state index is 13.7. The molecular formula is C14H18ClFO. The second-order valence-electron chi connectivity index (χ2n) is 5.16. The molecule has 2 atom stereocenters. The van der Waals surface area contributed by atoms with E-state index in [1.54, 1.807) is 6.07 Å². The monoisotopic (exact) mass is 256 g/mol. The van der Waals surface area contributed by atoms with E-state index in [9.17, 15) is 9.50 Å². The number of benzene rings is 1. The van der Waals surface area contributed by atoms with Gasteiger partial charge in [0.2, 0.25) is 0 Å². The van der Waals surface area contributed by atoms with E-state index in [1.807, 2.05) is 6.92 Å². The smallest absolute Gasteiger partial charge is 0.126 e. The molecule has 1 saturated carbocycles. The predicted molar refractivity (Wildman–Crippen MR) is 67.7 cm³/mol. The van der Waals surface area contributed by atoms with Gasteiger partial charge in [0.1, 0.15) is 5.82 Å². The zero-order chi connectivity index (χ0) is 12.5. The summed E-state index contributed by atoms with van der Waals surface area (Å²) >= 11 is 5.87. The average molecular weight is 257 g/mol. The summed E-state index contributed by atoms with van der Waals surface area (Å²) in [6, 6.07) is 4.53. The van der Waals surface area contributed by atoms with Crippen molar-refractivity contribution >= 4 is 11.6 Å². The normalized spacial score (nSPS) is 29.3. The van der Waals surface area contributed by atoms with Gasteiger partial charge in [0.05, 0.1) is 5.60 Å². The maximum Gasteiger partial charge on any atom is 0.126 e. The minimum atomic E-state index is -0.774. The van der Waals surface area contributed by atoms with Crippen LogP contribution in [0, 0.1) is 11.7 Å². The molecule has 0 aromatic heterocycles. The lowest BCUT2D eigenvalue weighted by atomic mass is 9.73. The second kappa shape index (κ2) is 4.95. The van der Waals surface area contributed by atoms with Crippen LogP contribution < -0.4 is 0 Å². The highest BCUT2D eigenvalue weighted by Crippen LogP contribution is 2.36. The van der Waals surface area contributed by atoms with E-state index in [0.717, 1.165) is 25.7 Å². The zero-order valence-corrected chi connectivity index (χ0v) is 10.8. The van der Waals surface area contributed by atoms with Crippen LogP contribution in [0.5, 0.6) is 0 Å². The minimum absolute atomic E-state index is 0.217. The molecule has 0 radical (unpaired) electrons. The fourth-order valence-corrected chi connectivity index (χ4v) is 2.86. The first kappa shape index (κ1) is 12.8. The molecule has 1 aromatic carbocycles. The molecule has 0 bridgehead atoms. The zero-order valence-electron chi connectivity index (χ0n) is 10.0. The molecule has 1 fully saturated rings. The Balaban J connectivity index is 2.21. The Kier molecular flexibility index (Phi) is 3.74. The largest absolute Gasteiger partial charge is 0.389 e. The van der Waals surface area contributed by atoms with Crippen LogP contribution in [0.4, 0.5) is 4.39 Å². The SMILES string of the molecule is CC1CCCCC1(O)Cc1cc(Cl)ccc1F. The van der Waals surface area contributed by atoms with E-state index in [1.165, 1.54) is 12.1 Å². The molecule has 94 valence electrons. The van der Waals surface area contributed by atoms with Gasteiger partial charge in [-0.2, -0.15) is 0 Å². The Morgan fingerprint density at radius 2 is 2.24 bits per heavy atom. The highest BCUT2D eigenvalue weighted by molar-refractivity contribution is 6.30. The Morgan fingerprint density at radius 3 is 2.94 bits per heavy atom. The first-order valence-electron chi connectivity index (χ1n) is 6.17. The van der Waals surface area contributed by atoms with Gasteiger partial charge in [-0.05, 0) is 42.5 Å². The van der Waals surface area contributed by atoms with Crippen LogP contribution in [0.2, 0.25) is 5.02 Å². The standard InChI is InChI=1S/C14H18ClFO/c1-10-4-2-3-7-14(10,17)9-11-8-12(15)5-6-13(11)16/h5-6,8,10,17H,2-4,7,9H2,1H3. The van der Waals surface area contributed by atoms with Crippen molar-refractivity contribution in [3.8, 4) is 0 Å². The molecular weight excluding hydrogens is 239 g/mol. The minimum Gasteiger partial charge on any atom is -0.389 e. The summed E-state index contributed by atoms with van der Waals surface area (Å²) in [6.45, 7) is 2.04. The average Bonchev–Trinajstić information content (AvgIpc) is 2.28. The Bertz CT molecular complexity index is 407. The highest BCUT2D eigenvalue weighted by Gasteiger charge is 2.36. The van der Waals surface area contributed by atoms with E-state index in [0.29, 0.717) is 17.0 Å². The molecule has 1 aliphatic rings. The summed E-state index contributed by atoms with van der Waals surface area (Å²) < 4.78 is 13.7. The van der Waals surface area contributed by atoms with E-state index in [4.69, 9.17) is 11.6 Å². The second-order valence-corrected chi connectivity index (χ2v) is 5.60. The van der Waals surface area contributed by atoms with Gasteiger partial charge >= 0.3 is 0 Å². The maximum absolute atomic E-state index is 13.7. The summed E-state index contributed by atoms with van der Waals surface area (Å²) in [7, 11) is 0. The molecule has 3 heteroatoms. The summed E-state index contributed by atoms with van der Waals surface area (Å²) in [5, 5.41) is 11.1. The lowest BCUT2D eigenvalue weighted by molar-refractivity contribution is -0.0410. The molecule has 0 amide bonds. The summed E-state index contributed by atoms with van der Waals surface area (Å²) in [5.41, 5.74) is -0.252. The molecule has 1 nitrogen and oxygen atoms in total. The topological polar surface area (TPSA) is 20.2 Å². The molecule has 1 N–H and O–H groups in total. The lowest BCUT2D eigenvalue weighted by Crippen LogP contribution is -2.41. The highest BCUT2D eigenvalue weighted by atomic mass is 35.5. The van der Waals surface area contributed by atoms with Crippen molar-refractivity contribution in [2.24, 2.45) is 5.92 Å². The van der Waals surface area contributed by atoms with Crippen molar-refractivity contribution in [1.29, 1.82) is 0 Å². The van der Waals surface area contributed by atoms with Crippen molar-refractivity contribution in [3.63, 3.8) is 0 Å². The molecule has 0 heterocycles. The summed E-state index contributed by atoms with van der Waals surface area (Å²) in [6.07, 6.45) is 4.30. The third-order valence-corrected chi connectivity index (χ3v) is 4.15. The van der Waals surface area contributed by atoms with Gasteiger partial charge in [-0.15, -0.1) is 0 Å². The van der Waals surface area contributed by atoms with Gasteiger partial charge in [-0.1, -0.05) is 31.4 Å². The lowest BCUT2D eigenvalue weighted by Gasteiger charge is -2.38. The van der Waals surface area contributed by atoms with Gasteiger partial charge in [0, 0.05) is 11.4 Å². The van der Waals surface area contributed by atoms with Gasteiger partial charge in [0.15, 0.2) is 0 Å². The van der Waals surface area contributed by atoms with Crippen molar-refractivity contribution in [2.45, 2.75) is 44.6 Å². The van der Waals surface area contributed by atoms with Crippen LogP contribution in [0.1, 0.15) is 38.2 Å². The van der Waals surface area contributed by atoms with Gasteiger partial charge in [0.25, 0.3) is 0 Å². The number of rotatable bonds is 2. The summed E-state index contributed by atoms with van der Waals surface area (Å²) in [5.74, 6) is -0.0600. The van der Waals surface area contributed by atoms with Crippen molar-refractivity contribution in [2.75, 3.05) is 0 Å². The number of aliphatic hydroxyl groups is 1. The Labute approximate surface area is 107 Å². The molecule has 2 rings (SSSR count). The Hall–Kier alpha value is -0.600. The third-order valence-electron chi connectivity index (χ3n) is 3.92. The van der Waals surface area contributed by atoms with Gasteiger partial charge in [-0.3, -0.25) is 0 Å². The predicted octanol–water partition coefficient (Wildman–Crippen LogP) is 3.96. The first-order chi connectivity index (χ1) is 8.01. The van der Waals surface area contributed by atoms with E-state index < -0.39 is 5.60 Å². The molecule has 0 aliphatic heterocycles. The van der Waals surface area contributed by atoms with Crippen LogP contribution in [0.15, 0.2) is 18.2 Å². The third kappa shape index (κ3) is 2.80. The van der Waals surface area contributed by atoms with Crippen molar-refractivity contribution in [3.05, 3.63) is 34.6 Å². The van der Waals surface area contributed by atoms with E-state index >= 15 is 0 Å². The van der Waals surface area contributed by atoms with Gasteiger partial charge < -0.3 is 5.11 Å². The first-order valence-corrected chi connectivity index (χ1v) is 6.55. The number of hydrogen-bond donors (Lipinski definition) is 1. The molecule has 0 spiro atoms. The van der Waals surface area contributed by atoms with Crippen LogP contribution in [-0.2, 0) is 6.42 Å². The van der Waals surface area contributed by atoms with E-state index in [-0.39, 0.29) is 11.7 Å². The van der Waals surface area contributed by atoms with Crippen LogP contribution in [0.25, 0.3) is 0 Å². The van der Waals surface area contributed by atoms with Gasteiger partial charge in [-0.25, -0.2) is 4.39 Å². The van der Waals surface area contributed by atoms with Crippen LogP contribution >= 0.6 is 11.6 Å². The fourth-order valence-electron chi connectivity index (χ4n) is 2.67. The molecule has 1 aliphatic carbocycles. The van der Waals surface area contributed by atoms with Crippen molar-refractivity contribution < 1.29 is 9.50 Å². The molecule has 17 heavy (non-hydrogen) atoms. The summed E-state index contributed by atoms with van der Waals surface area (Å²) in [4.78, 5) is 0. The van der Waals surface area contributed by atoms with Crippen LogP contribution in [-0.4, -0.2) is 10.7 Å². The van der Waals surface area contributed by atoms with E-state index in [2.05, 4.69) is 0 Å². The van der Waals surface area contributed by atoms with Crippen LogP contribution in [0.3, 0.4) is 0 Å².